The van der Waals surface area contributed by atoms with E-state index in [1.165, 1.54) is 16.8 Å². The molecule has 1 N–H and O–H groups in total. The number of nitrogens with zero attached hydrogens (tertiary/aromatic N) is 2. The van der Waals surface area contributed by atoms with E-state index in [1.54, 1.807) is 7.11 Å². The van der Waals surface area contributed by atoms with E-state index in [2.05, 4.69) is 46.2 Å². The predicted molar refractivity (Wildman–Crippen MR) is 116 cm³/mol. The van der Waals surface area contributed by atoms with Crippen LogP contribution in [0.25, 0.3) is 0 Å². The minimum atomic E-state index is -0.451. The summed E-state index contributed by atoms with van der Waals surface area (Å²) in [4.78, 5) is 4.71. The average Bonchev–Trinajstić information content (AvgIpc) is 2.78. The Morgan fingerprint density at radius 2 is 1.90 bits per heavy atom. The van der Waals surface area contributed by atoms with Gasteiger partial charge in [-0.05, 0) is 42.5 Å². The van der Waals surface area contributed by atoms with Crippen LogP contribution in [0.15, 0.2) is 48.5 Å². The first-order valence-electron chi connectivity index (χ1n) is 10.7. The highest BCUT2D eigenvalue weighted by Gasteiger charge is 2.23. The number of aliphatic hydroxyl groups excluding tert-OH is 1. The van der Waals surface area contributed by atoms with Gasteiger partial charge in [-0.25, -0.2) is 0 Å². The maximum absolute atomic E-state index is 10.5. The lowest BCUT2D eigenvalue weighted by atomic mass is 9.89. The Morgan fingerprint density at radius 1 is 1.07 bits per heavy atom. The van der Waals surface area contributed by atoms with E-state index in [0.717, 1.165) is 51.2 Å². The summed E-state index contributed by atoms with van der Waals surface area (Å²) in [5.41, 5.74) is 3.90. The van der Waals surface area contributed by atoms with E-state index >= 15 is 0 Å². The fourth-order valence-electron chi connectivity index (χ4n) is 4.46. The topological polar surface area (TPSA) is 45.2 Å². The van der Waals surface area contributed by atoms with Crippen molar-refractivity contribution in [3.63, 3.8) is 0 Å². The van der Waals surface area contributed by atoms with Crippen LogP contribution in [0, 0.1) is 0 Å². The minimum absolute atomic E-state index is 0.125. The standard InChI is InChI=1S/C24H32N2O3/c1-28-22-9-5-8-20(16-22)26-14-12-25(13-15-26)17-21(27)18-29-24-11-4-7-19-6-2-3-10-23(19)24/h2-3,5-6,8-10,16,21,24,27H,4,7,11-15,17-18H2,1H3/t21-,24+/m0/s1. The van der Waals surface area contributed by atoms with Crippen LogP contribution in [0.3, 0.4) is 0 Å². The van der Waals surface area contributed by atoms with Crippen molar-refractivity contribution < 1.29 is 14.6 Å². The molecule has 0 aromatic heterocycles. The molecule has 1 aliphatic heterocycles. The van der Waals surface area contributed by atoms with E-state index in [9.17, 15) is 5.11 Å². The Balaban J connectivity index is 1.23. The highest BCUT2D eigenvalue weighted by atomic mass is 16.5. The predicted octanol–water partition coefficient (Wildman–Crippen LogP) is 3.27. The van der Waals surface area contributed by atoms with Crippen LogP contribution in [-0.2, 0) is 11.2 Å². The number of rotatable bonds is 7. The van der Waals surface area contributed by atoms with Gasteiger partial charge in [0.05, 0.1) is 25.9 Å². The van der Waals surface area contributed by atoms with Crippen LogP contribution >= 0.6 is 0 Å². The number of β-amino-alcohol motifs (C(OH)–C–C–N with tert-alkyl or cyclic N) is 1. The maximum atomic E-state index is 10.5. The lowest BCUT2D eigenvalue weighted by Gasteiger charge is -2.37. The number of fused-ring (bicyclic) bond motifs is 1. The third kappa shape index (κ3) is 5.10. The van der Waals surface area contributed by atoms with Gasteiger partial charge in [-0.2, -0.15) is 0 Å². The van der Waals surface area contributed by atoms with Gasteiger partial charge in [0.15, 0.2) is 0 Å². The second-order valence-electron chi connectivity index (χ2n) is 8.06. The summed E-state index contributed by atoms with van der Waals surface area (Å²) in [6, 6.07) is 16.8. The van der Waals surface area contributed by atoms with Crippen molar-refractivity contribution in [1.82, 2.24) is 4.90 Å². The molecule has 0 bridgehead atoms. The molecule has 4 rings (SSSR count). The molecule has 2 aromatic rings. The minimum Gasteiger partial charge on any atom is -0.497 e. The zero-order valence-electron chi connectivity index (χ0n) is 17.3. The summed E-state index contributed by atoms with van der Waals surface area (Å²) in [5.74, 6) is 0.891. The molecule has 1 heterocycles. The Kier molecular flexibility index (Phi) is 6.70. The Hall–Kier alpha value is -2.08. The third-order valence-corrected chi connectivity index (χ3v) is 6.06. The molecule has 5 nitrogen and oxygen atoms in total. The van der Waals surface area contributed by atoms with Crippen molar-refractivity contribution in [2.45, 2.75) is 31.5 Å². The van der Waals surface area contributed by atoms with Gasteiger partial charge >= 0.3 is 0 Å². The van der Waals surface area contributed by atoms with Crippen molar-refractivity contribution in [2.24, 2.45) is 0 Å². The molecule has 5 heteroatoms. The molecule has 0 saturated carbocycles. The quantitative estimate of drug-likeness (QED) is 0.778. The van der Waals surface area contributed by atoms with Crippen LogP contribution in [-0.4, -0.2) is 62.6 Å². The second-order valence-corrected chi connectivity index (χ2v) is 8.06. The Bertz CT molecular complexity index is 789. The first-order valence-corrected chi connectivity index (χ1v) is 10.7. The van der Waals surface area contributed by atoms with Crippen molar-refractivity contribution >= 4 is 5.69 Å². The zero-order valence-corrected chi connectivity index (χ0v) is 17.3. The smallest absolute Gasteiger partial charge is 0.120 e. The maximum Gasteiger partial charge on any atom is 0.120 e. The largest absolute Gasteiger partial charge is 0.497 e. The number of methoxy groups -OCH3 is 1. The fraction of sp³-hybridized carbons (Fsp3) is 0.500. The number of anilines is 1. The average molecular weight is 397 g/mol. The summed E-state index contributed by atoms with van der Waals surface area (Å²) in [5, 5.41) is 10.5. The first-order chi connectivity index (χ1) is 14.2. The van der Waals surface area contributed by atoms with Crippen LogP contribution in [0.4, 0.5) is 5.69 Å². The highest BCUT2D eigenvalue weighted by molar-refractivity contribution is 5.51. The molecule has 29 heavy (non-hydrogen) atoms. The van der Waals surface area contributed by atoms with Crippen molar-refractivity contribution in [1.29, 1.82) is 0 Å². The summed E-state index contributed by atoms with van der Waals surface area (Å²) < 4.78 is 11.5. The number of hydrogen-bond acceptors (Lipinski definition) is 5. The zero-order chi connectivity index (χ0) is 20.1. The second kappa shape index (κ2) is 9.61. The van der Waals surface area contributed by atoms with Gasteiger partial charge < -0.3 is 19.5 Å². The molecule has 1 aliphatic carbocycles. The number of aliphatic hydroxyl groups is 1. The molecule has 0 radical (unpaired) electrons. The van der Waals surface area contributed by atoms with Crippen LogP contribution in [0.2, 0.25) is 0 Å². The SMILES string of the molecule is COc1cccc(N2CCN(C[C@H](O)CO[C@@H]3CCCc4ccccc43)CC2)c1. The van der Waals surface area contributed by atoms with Gasteiger partial charge in [0.1, 0.15) is 5.75 Å². The van der Waals surface area contributed by atoms with E-state index in [4.69, 9.17) is 9.47 Å². The van der Waals surface area contributed by atoms with E-state index in [0.29, 0.717) is 13.2 Å². The van der Waals surface area contributed by atoms with Gasteiger partial charge in [0.25, 0.3) is 0 Å². The van der Waals surface area contributed by atoms with E-state index in [1.807, 2.05) is 12.1 Å². The normalized spacial score (nSPS) is 20.9. The Morgan fingerprint density at radius 3 is 2.72 bits per heavy atom. The first kappa shape index (κ1) is 20.2. The van der Waals surface area contributed by atoms with E-state index < -0.39 is 6.10 Å². The molecule has 0 unspecified atom stereocenters. The third-order valence-electron chi connectivity index (χ3n) is 6.06. The molecular weight excluding hydrogens is 364 g/mol. The monoisotopic (exact) mass is 396 g/mol. The van der Waals surface area contributed by atoms with Crippen LogP contribution in [0.5, 0.6) is 5.75 Å². The van der Waals surface area contributed by atoms with Gasteiger partial charge in [-0.15, -0.1) is 0 Å². The number of piperazine rings is 1. The summed E-state index contributed by atoms with van der Waals surface area (Å²) in [6.45, 7) is 4.87. The molecule has 1 fully saturated rings. The molecule has 156 valence electrons. The molecule has 2 aliphatic rings. The number of hydrogen-bond donors (Lipinski definition) is 1. The number of benzene rings is 2. The highest BCUT2D eigenvalue weighted by Crippen LogP contribution is 2.32. The Labute approximate surface area is 173 Å². The fourth-order valence-corrected chi connectivity index (χ4v) is 4.46. The van der Waals surface area contributed by atoms with Gasteiger partial charge in [-0.3, -0.25) is 4.90 Å². The molecule has 1 saturated heterocycles. The molecule has 0 spiro atoms. The van der Waals surface area contributed by atoms with Crippen molar-refractivity contribution in [2.75, 3.05) is 51.3 Å². The molecule has 0 amide bonds. The van der Waals surface area contributed by atoms with Gasteiger partial charge in [-0.1, -0.05) is 30.3 Å². The summed E-state index contributed by atoms with van der Waals surface area (Å²) in [7, 11) is 1.70. The van der Waals surface area contributed by atoms with Gasteiger partial charge in [0.2, 0.25) is 0 Å². The number of ether oxygens (including phenoxy) is 2. The van der Waals surface area contributed by atoms with Gasteiger partial charge in [0, 0.05) is 44.5 Å². The van der Waals surface area contributed by atoms with Crippen LogP contribution < -0.4 is 9.64 Å². The lowest BCUT2D eigenvalue weighted by molar-refractivity contribution is -0.0285. The number of aryl methyl sites for hydroxylation is 1. The molecular formula is C24H32N2O3. The van der Waals surface area contributed by atoms with E-state index in [-0.39, 0.29) is 6.10 Å². The summed E-state index contributed by atoms with van der Waals surface area (Å²) in [6.07, 6.45) is 3.01. The summed E-state index contributed by atoms with van der Waals surface area (Å²) >= 11 is 0. The van der Waals surface area contributed by atoms with Crippen molar-refractivity contribution in [3.05, 3.63) is 59.7 Å². The van der Waals surface area contributed by atoms with Crippen LogP contribution in [0.1, 0.15) is 30.1 Å². The van der Waals surface area contributed by atoms with Crippen molar-refractivity contribution in [3.8, 4) is 5.75 Å². The lowest BCUT2D eigenvalue weighted by Crippen LogP contribution is -2.49. The molecule has 2 aromatic carbocycles. The molecule has 2 atom stereocenters.